The minimum absolute atomic E-state index is 0.0137. The number of rotatable bonds is 4. The number of fused-ring (bicyclic) bond motifs is 1. The van der Waals surface area contributed by atoms with E-state index in [1.54, 1.807) is 30.7 Å². The van der Waals surface area contributed by atoms with Gasteiger partial charge in [0.15, 0.2) is 0 Å². The summed E-state index contributed by atoms with van der Waals surface area (Å²) < 4.78 is 13.2. The highest BCUT2D eigenvalue weighted by atomic mass is 32.2. The summed E-state index contributed by atoms with van der Waals surface area (Å²) in [5.74, 6) is 0.935. The van der Waals surface area contributed by atoms with Gasteiger partial charge in [0, 0.05) is 19.3 Å². The average Bonchev–Trinajstić information content (AvgIpc) is 3.39. The van der Waals surface area contributed by atoms with Crippen molar-refractivity contribution in [2.45, 2.75) is 39.5 Å². The number of thioether (sulfide) groups is 1. The van der Waals surface area contributed by atoms with Crippen LogP contribution in [0.3, 0.4) is 0 Å². The van der Waals surface area contributed by atoms with Crippen LogP contribution in [0.2, 0.25) is 0 Å². The van der Waals surface area contributed by atoms with E-state index in [0.717, 1.165) is 5.56 Å². The van der Waals surface area contributed by atoms with Crippen LogP contribution in [0.15, 0.2) is 50.8 Å². The first-order valence-corrected chi connectivity index (χ1v) is 12.2. The van der Waals surface area contributed by atoms with Gasteiger partial charge in [0.05, 0.1) is 35.5 Å². The second kappa shape index (κ2) is 9.01. The Balaban J connectivity index is 1.61. The summed E-state index contributed by atoms with van der Waals surface area (Å²) in [4.78, 5) is 35.7. The summed E-state index contributed by atoms with van der Waals surface area (Å²) in [5, 5.41) is 0. The van der Waals surface area contributed by atoms with Gasteiger partial charge in [0.25, 0.3) is 11.5 Å². The minimum Gasteiger partial charge on any atom is -0.467 e. The van der Waals surface area contributed by atoms with E-state index >= 15 is 0 Å². The third-order valence-electron chi connectivity index (χ3n) is 5.83. The predicted molar refractivity (Wildman–Crippen MR) is 136 cm³/mol. The summed E-state index contributed by atoms with van der Waals surface area (Å²) in [6.45, 7) is 7.37. The average molecular weight is 497 g/mol. The Labute approximate surface area is 206 Å². The van der Waals surface area contributed by atoms with Crippen LogP contribution in [0.1, 0.15) is 30.7 Å². The van der Waals surface area contributed by atoms with Crippen molar-refractivity contribution in [3.63, 3.8) is 0 Å². The number of morpholine rings is 1. The molecule has 2 aliphatic rings. The SMILES string of the molecule is Cc1cccn2c(=O)c(/C=C3/SC(=S)N(Cc4ccco4)C3=O)c(N3C[C@@H](C)O[C@@H](C)C3)nc12. The van der Waals surface area contributed by atoms with Crippen LogP contribution < -0.4 is 10.5 Å². The zero-order valence-corrected chi connectivity index (χ0v) is 20.7. The first-order chi connectivity index (χ1) is 16.3. The molecular weight excluding hydrogens is 472 g/mol. The van der Waals surface area contributed by atoms with Gasteiger partial charge in [-0.25, -0.2) is 4.98 Å². The fraction of sp³-hybridized carbons (Fsp3) is 0.333. The molecule has 0 saturated carbocycles. The molecule has 0 unspecified atom stereocenters. The van der Waals surface area contributed by atoms with Crippen molar-refractivity contribution in [2.75, 3.05) is 18.0 Å². The van der Waals surface area contributed by atoms with Crippen molar-refractivity contribution in [2.24, 2.45) is 0 Å². The van der Waals surface area contributed by atoms with Gasteiger partial charge >= 0.3 is 0 Å². The molecule has 8 nitrogen and oxygen atoms in total. The molecule has 0 radical (unpaired) electrons. The summed E-state index contributed by atoms with van der Waals surface area (Å²) in [5.41, 5.74) is 1.62. The van der Waals surface area contributed by atoms with Crippen molar-refractivity contribution in [3.8, 4) is 0 Å². The van der Waals surface area contributed by atoms with E-state index in [2.05, 4.69) is 4.90 Å². The number of hydrogen-bond acceptors (Lipinski definition) is 8. The smallest absolute Gasteiger partial charge is 0.267 e. The summed E-state index contributed by atoms with van der Waals surface area (Å²) in [7, 11) is 0. The molecule has 2 fully saturated rings. The second-order valence-corrected chi connectivity index (χ2v) is 10.2. The Morgan fingerprint density at radius 2 is 1.97 bits per heavy atom. The maximum atomic E-state index is 13.7. The highest BCUT2D eigenvalue weighted by molar-refractivity contribution is 8.26. The number of thiocarbonyl (C=S) groups is 1. The van der Waals surface area contributed by atoms with E-state index in [1.165, 1.54) is 21.1 Å². The fourth-order valence-corrected chi connectivity index (χ4v) is 5.58. The van der Waals surface area contributed by atoms with Crippen molar-refractivity contribution < 1.29 is 13.9 Å². The van der Waals surface area contributed by atoms with Crippen LogP contribution in [0.5, 0.6) is 0 Å². The lowest BCUT2D eigenvalue weighted by Crippen LogP contribution is -2.46. The fourth-order valence-electron chi connectivity index (χ4n) is 4.34. The largest absolute Gasteiger partial charge is 0.467 e. The lowest BCUT2D eigenvalue weighted by molar-refractivity contribution is -0.122. The zero-order chi connectivity index (χ0) is 24.0. The van der Waals surface area contributed by atoms with E-state index < -0.39 is 0 Å². The molecule has 176 valence electrons. The molecule has 2 aliphatic heterocycles. The lowest BCUT2D eigenvalue weighted by Gasteiger charge is -2.36. The highest BCUT2D eigenvalue weighted by Gasteiger charge is 2.34. The number of pyridine rings is 1. The molecule has 0 aliphatic carbocycles. The molecule has 0 bridgehead atoms. The number of ether oxygens (including phenoxy) is 1. The third-order valence-corrected chi connectivity index (χ3v) is 7.20. The molecule has 3 aromatic rings. The Morgan fingerprint density at radius 1 is 1.21 bits per heavy atom. The summed E-state index contributed by atoms with van der Waals surface area (Å²) in [6, 6.07) is 7.30. The number of aromatic nitrogens is 2. The van der Waals surface area contributed by atoms with Crippen molar-refractivity contribution >= 4 is 51.7 Å². The van der Waals surface area contributed by atoms with Gasteiger partial charge in [-0.15, -0.1) is 0 Å². The number of hydrogen-bond donors (Lipinski definition) is 0. The molecular formula is C24H24N4O4S2. The van der Waals surface area contributed by atoms with Crippen molar-refractivity contribution in [3.05, 3.63) is 68.9 Å². The first-order valence-electron chi connectivity index (χ1n) is 11.0. The molecule has 2 atom stereocenters. The van der Waals surface area contributed by atoms with Gasteiger partial charge in [-0.2, -0.15) is 0 Å². The van der Waals surface area contributed by atoms with Crippen LogP contribution in [0, 0.1) is 6.92 Å². The van der Waals surface area contributed by atoms with Gasteiger partial charge < -0.3 is 14.1 Å². The van der Waals surface area contributed by atoms with Gasteiger partial charge in [0.1, 0.15) is 21.5 Å². The van der Waals surface area contributed by atoms with Crippen molar-refractivity contribution in [1.82, 2.24) is 14.3 Å². The van der Waals surface area contributed by atoms with Gasteiger partial charge in [-0.1, -0.05) is 30.0 Å². The number of carbonyl (C=O) groups excluding carboxylic acids is 1. The Bertz CT molecular complexity index is 1360. The Morgan fingerprint density at radius 3 is 2.68 bits per heavy atom. The topological polar surface area (TPSA) is 80.3 Å². The monoisotopic (exact) mass is 496 g/mol. The van der Waals surface area contributed by atoms with Crippen LogP contribution in [-0.2, 0) is 16.1 Å². The Kier molecular flexibility index (Phi) is 6.05. The molecule has 5 heterocycles. The van der Waals surface area contributed by atoms with Crippen LogP contribution in [0.4, 0.5) is 5.82 Å². The van der Waals surface area contributed by atoms with Gasteiger partial charge in [0.2, 0.25) is 0 Å². The van der Waals surface area contributed by atoms with E-state index in [4.69, 9.17) is 26.4 Å². The second-order valence-electron chi connectivity index (χ2n) is 8.55. The third kappa shape index (κ3) is 4.17. The molecule has 3 aromatic heterocycles. The van der Waals surface area contributed by atoms with E-state index in [0.29, 0.717) is 45.1 Å². The predicted octanol–water partition coefficient (Wildman–Crippen LogP) is 3.61. The number of aryl methyl sites for hydroxylation is 1. The number of anilines is 1. The number of nitrogens with zero attached hydrogens (tertiary/aromatic N) is 4. The number of furan rings is 1. The molecule has 0 spiro atoms. The minimum atomic E-state index is -0.255. The zero-order valence-electron chi connectivity index (χ0n) is 19.1. The normalized spacial score (nSPS) is 22.4. The number of carbonyl (C=O) groups is 1. The standard InChI is InChI=1S/C24H24N4O4S2/c1-14-6-4-8-27-20(14)25-21(26-11-15(2)32-16(3)12-26)18(22(27)29)10-19-23(30)28(24(33)34-19)13-17-7-5-9-31-17/h4-10,15-16H,11-13H2,1-3H3/b19-10+/t15-,16+. The van der Waals surface area contributed by atoms with Gasteiger partial charge in [-0.05, 0) is 50.6 Å². The number of amides is 1. The Hall–Kier alpha value is -2.95. The molecule has 0 N–H and O–H groups in total. The molecule has 34 heavy (non-hydrogen) atoms. The maximum absolute atomic E-state index is 13.7. The van der Waals surface area contributed by atoms with Crippen molar-refractivity contribution in [1.29, 1.82) is 0 Å². The lowest BCUT2D eigenvalue weighted by atomic mass is 10.1. The van der Waals surface area contributed by atoms with E-state index in [9.17, 15) is 9.59 Å². The summed E-state index contributed by atoms with van der Waals surface area (Å²) in [6.07, 6.45) is 4.86. The van der Waals surface area contributed by atoms with Gasteiger partial charge in [-0.3, -0.25) is 18.9 Å². The molecule has 0 aromatic carbocycles. The summed E-state index contributed by atoms with van der Waals surface area (Å²) >= 11 is 6.64. The maximum Gasteiger partial charge on any atom is 0.267 e. The molecule has 10 heteroatoms. The molecule has 1 amide bonds. The van der Waals surface area contributed by atoms with Crippen LogP contribution >= 0.6 is 24.0 Å². The van der Waals surface area contributed by atoms with Crippen LogP contribution in [-0.4, -0.2) is 49.8 Å². The van der Waals surface area contributed by atoms with E-state index in [1.807, 2.05) is 32.9 Å². The quantitative estimate of drug-likeness (QED) is 0.400. The van der Waals surface area contributed by atoms with Crippen LogP contribution in [0.25, 0.3) is 11.7 Å². The van der Waals surface area contributed by atoms with E-state index in [-0.39, 0.29) is 30.2 Å². The first kappa shape index (κ1) is 22.8. The highest BCUT2D eigenvalue weighted by Crippen LogP contribution is 2.35. The molecule has 2 saturated heterocycles. The molecule has 5 rings (SSSR count).